The monoisotopic (exact) mass is 460 g/mol. The highest BCUT2D eigenvalue weighted by Gasteiger charge is 2.33. The Bertz CT molecular complexity index is 506. The number of benzene rings is 1. The molecule has 0 aliphatic rings. The molecular weight excluding hydrogens is 439 g/mol. The zero-order valence-corrected chi connectivity index (χ0v) is 16.2. The second kappa shape index (κ2) is 9.63. The molecule has 1 rings (SSSR count). The Hall–Kier alpha value is -0.340. The quantitative estimate of drug-likeness (QED) is 0.206. The highest BCUT2D eigenvalue weighted by Crippen LogP contribution is 2.32. The second-order valence-electron chi connectivity index (χ2n) is 5.52. The largest absolute Gasteiger partial charge is 0.298 e. The van der Waals surface area contributed by atoms with Crippen LogP contribution in [0.2, 0.25) is 0 Å². The van der Waals surface area contributed by atoms with Gasteiger partial charge in [0.2, 0.25) is 0 Å². The molecule has 1 aromatic rings. The molecule has 0 fully saturated rings. The van der Waals surface area contributed by atoms with Gasteiger partial charge in [0.15, 0.2) is 5.78 Å². The fourth-order valence-electron chi connectivity index (χ4n) is 2.48. The Morgan fingerprint density at radius 2 is 2.05 bits per heavy atom. The molecule has 1 unspecified atom stereocenters. The lowest BCUT2D eigenvalue weighted by Gasteiger charge is -2.28. The molecule has 0 saturated carbocycles. The summed E-state index contributed by atoms with van der Waals surface area (Å²) in [6.45, 7) is 2.07. The van der Waals surface area contributed by atoms with Crippen molar-refractivity contribution >= 4 is 44.3 Å². The Balaban J connectivity index is 2.72. The predicted octanol–water partition coefficient (Wildman–Crippen LogP) is 5.49. The fraction of sp³-hybridized carbons (Fsp3) is 0.500. The topological polar surface area (TPSA) is 17.1 Å². The lowest BCUT2D eigenvalue weighted by molar-refractivity contribution is -0.121. The van der Waals surface area contributed by atoms with Crippen molar-refractivity contribution in [2.24, 2.45) is 0 Å². The second-order valence-corrected chi connectivity index (χ2v) is 7.32. The van der Waals surface area contributed by atoms with Crippen molar-refractivity contribution in [3.8, 4) is 12.3 Å². The predicted molar refractivity (Wildman–Crippen MR) is 102 cm³/mol. The third kappa shape index (κ3) is 5.75. The summed E-state index contributed by atoms with van der Waals surface area (Å²) in [4.78, 5) is 12.4. The Morgan fingerprint density at radius 3 is 2.67 bits per heavy atom. The zero-order valence-electron chi connectivity index (χ0n) is 12.5. The third-order valence-electron chi connectivity index (χ3n) is 3.95. The molecule has 0 saturated heterocycles. The molecule has 114 valence electrons. The molecule has 21 heavy (non-hydrogen) atoms. The van der Waals surface area contributed by atoms with Gasteiger partial charge in [-0.2, -0.15) is 0 Å². The number of carbonyl (C=O) groups is 1. The van der Waals surface area contributed by atoms with Gasteiger partial charge in [0, 0.05) is 9.99 Å². The molecule has 1 aromatic carbocycles. The molecule has 0 N–H and O–H groups in total. The lowest BCUT2D eigenvalue weighted by Crippen LogP contribution is -2.33. The summed E-state index contributed by atoms with van der Waals surface area (Å²) >= 11 is 5.64. The van der Waals surface area contributed by atoms with Gasteiger partial charge in [-0.25, -0.2) is 0 Å². The van der Waals surface area contributed by atoms with Gasteiger partial charge in [0.25, 0.3) is 0 Å². The van der Waals surface area contributed by atoms with E-state index in [1.54, 1.807) is 0 Å². The molecule has 0 bridgehead atoms. The summed E-state index contributed by atoms with van der Waals surface area (Å²) < 4.78 is 1.17. The molecule has 3 heteroatoms. The highest BCUT2D eigenvalue weighted by molar-refractivity contribution is 14.1. The van der Waals surface area contributed by atoms with Crippen molar-refractivity contribution in [2.75, 3.05) is 5.33 Å². The Morgan fingerprint density at radius 1 is 1.33 bits per heavy atom. The van der Waals surface area contributed by atoms with Gasteiger partial charge in [-0.3, -0.25) is 4.79 Å². The van der Waals surface area contributed by atoms with E-state index in [0.717, 1.165) is 44.1 Å². The number of unbranched alkanes of at least 4 members (excludes halogenated alkanes) is 4. The van der Waals surface area contributed by atoms with Crippen LogP contribution in [-0.2, 0) is 10.2 Å². The molecular formula is C18H22BrIO. The lowest BCUT2D eigenvalue weighted by atomic mass is 9.75. The number of carbonyl (C=O) groups excluding carboxylic acids is 1. The molecule has 0 aliphatic heterocycles. The number of halogens is 2. The fourth-order valence-corrected chi connectivity index (χ4v) is 3.64. The van der Waals surface area contributed by atoms with Crippen molar-refractivity contribution in [1.82, 2.24) is 0 Å². The molecule has 0 heterocycles. The van der Waals surface area contributed by atoms with Crippen LogP contribution in [0.1, 0.15) is 51.0 Å². The van der Waals surface area contributed by atoms with Crippen LogP contribution in [0.3, 0.4) is 0 Å². The first kappa shape index (κ1) is 18.7. The maximum atomic E-state index is 12.4. The highest BCUT2D eigenvalue weighted by atomic mass is 127. The van der Waals surface area contributed by atoms with Gasteiger partial charge in [-0.05, 0) is 60.1 Å². The first-order valence-corrected chi connectivity index (χ1v) is 9.53. The number of rotatable bonds is 9. The number of alkyl halides is 1. The van der Waals surface area contributed by atoms with Crippen LogP contribution in [0.15, 0.2) is 24.3 Å². The smallest absolute Gasteiger partial charge is 0.153 e. The van der Waals surface area contributed by atoms with E-state index in [9.17, 15) is 4.79 Å². The molecule has 0 amide bonds. The number of hydrogen-bond donors (Lipinski definition) is 0. The number of Topliss-reactive ketones (excluding diaryl/α,β-unsaturated/α-hetero) is 1. The Kier molecular flexibility index (Phi) is 8.58. The molecule has 0 aliphatic carbocycles. The van der Waals surface area contributed by atoms with Crippen molar-refractivity contribution in [3.05, 3.63) is 33.4 Å². The van der Waals surface area contributed by atoms with E-state index >= 15 is 0 Å². The van der Waals surface area contributed by atoms with E-state index in [1.807, 2.05) is 6.07 Å². The van der Waals surface area contributed by atoms with Crippen molar-refractivity contribution in [3.63, 3.8) is 0 Å². The van der Waals surface area contributed by atoms with E-state index in [1.165, 1.54) is 3.57 Å². The number of ketones is 1. The van der Waals surface area contributed by atoms with Gasteiger partial charge in [0.05, 0.1) is 10.7 Å². The average Bonchev–Trinajstić information content (AvgIpc) is 2.49. The summed E-state index contributed by atoms with van der Waals surface area (Å²) in [5, 5.41) is 0.409. The number of hydrogen-bond acceptors (Lipinski definition) is 1. The summed E-state index contributed by atoms with van der Waals surface area (Å²) in [5.74, 6) is 2.93. The van der Waals surface area contributed by atoms with Gasteiger partial charge in [-0.15, -0.1) is 12.3 Å². The first-order chi connectivity index (χ1) is 10.0. The van der Waals surface area contributed by atoms with Crippen LogP contribution in [0.5, 0.6) is 0 Å². The van der Waals surface area contributed by atoms with Crippen molar-refractivity contribution < 1.29 is 4.79 Å². The van der Waals surface area contributed by atoms with Crippen LogP contribution in [0.25, 0.3) is 0 Å². The summed E-state index contributed by atoms with van der Waals surface area (Å²) in [5.41, 5.74) is 0.735. The van der Waals surface area contributed by atoms with Gasteiger partial charge >= 0.3 is 0 Å². The van der Waals surface area contributed by atoms with Crippen LogP contribution in [-0.4, -0.2) is 11.1 Å². The van der Waals surface area contributed by atoms with Crippen LogP contribution < -0.4 is 0 Å². The maximum Gasteiger partial charge on any atom is 0.153 e. The molecule has 1 nitrogen and oxygen atoms in total. The van der Waals surface area contributed by atoms with Crippen molar-refractivity contribution in [1.29, 1.82) is 0 Å². The third-order valence-corrected chi connectivity index (χ3v) is 5.13. The van der Waals surface area contributed by atoms with Crippen LogP contribution >= 0.6 is 38.5 Å². The van der Waals surface area contributed by atoms with E-state index in [4.69, 9.17) is 6.42 Å². The van der Waals surface area contributed by atoms with E-state index in [-0.39, 0.29) is 5.78 Å². The Labute approximate surface area is 150 Å². The summed E-state index contributed by atoms with van der Waals surface area (Å²) in [6.07, 6.45) is 11.4. The normalized spacial score (nSPS) is 13.4. The minimum absolute atomic E-state index is 0.258. The van der Waals surface area contributed by atoms with Crippen LogP contribution in [0.4, 0.5) is 0 Å². The molecule has 1 atom stereocenters. The van der Waals surface area contributed by atoms with Gasteiger partial charge in [0.1, 0.15) is 0 Å². The summed E-state index contributed by atoms with van der Waals surface area (Å²) in [6, 6.07) is 8.28. The minimum Gasteiger partial charge on any atom is -0.298 e. The maximum absolute atomic E-state index is 12.4. The summed E-state index contributed by atoms with van der Waals surface area (Å²) in [7, 11) is 0. The van der Waals surface area contributed by atoms with E-state index < -0.39 is 5.41 Å². The zero-order chi connectivity index (χ0) is 15.7. The van der Waals surface area contributed by atoms with E-state index in [0.29, 0.717) is 5.33 Å². The standard InChI is InChI=1S/C18H22BrIO/c1-3-4-5-6-7-8-12-18(2,17(21)14-19)15-10-9-11-16(20)13-15/h1,9-11,13H,4-8,12,14H2,2H3. The molecule has 0 radical (unpaired) electrons. The van der Waals surface area contributed by atoms with Gasteiger partial charge < -0.3 is 0 Å². The first-order valence-electron chi connectivity index (χ1n) is 7.33. The van der Waals surface area contributed by atoms with Gasteiger partial charge in [-0.1, -0.05) is 47.3 Å². The molecule has 0 spiro atoms. The minimum atomic E-state index is -0.392. The SMILES string of the molecule is C#CCCCCCCC(C)(C(=O)CBr)c1cccc(I)c1. The number of terminal acetylenes is 1. The van der Waals surface area contributed by atoms with Crippen LogP contribution in [0, 0.1) is 15.9 Å². The average molecular weight is 461 g/mol. The van der Waals surface area contributed by atoms with Crippen molar-refractivity contribution in [2.45, 2.75) is 50.9 Å². The molecule has 0 aromatic heterocycles. The van der Waals surface area contributed by atoms with E-state index in [2.05, 4.69) is 69.6 Å².